The van der Waals surface area contributed by atoms with Crippen LogP contribution in [0.1, 0.15) is 47.1 Å². The van der Waals surface area contributed by atoms with E-state index in [2.05, 4.69) is 21.0 Å². The molecule has 11 nitrogen and oxygen atoms in total. The van der Waals surface area contributed by atoms with Crippen LogP contribution in [-0.2, 0) is 15.8 Å². The highest BCUT2D eigenvalue weighted by Crippen LogP contribution is 2.43. The highest BCUT2D eigenvalue weighted by Gasteiger charge is 2.51. The van der Waals surface area contributed by atoms with Gasteiger partial charge in [-0.3, -0.25) is 29.9 Å². The second-order valence-corrected chi connectivity index (χ2v) is 12.8. The largest absolute Gasteiger partial charge is 0.417 e. The first-order valence-corrected chi connectivity index (χ1v) is 16.3. The minimum Gasteiger partial charge on any atom is -0.398 e. The number of benzene rings is 2. The summed E-state index contributed by atoms with van der Waals surface area (Å²) in [6.45, 7) is 2.74. The van der Waals surface area contributed by atoms with Gasteiger partial charge < -0.3 is 21.3 Å². The Bertz CT molecular complexity index is 1910. The maximum Gasteiger partial charge on any atom is 0.417 e. The standard InChI is InChI=1S/C36H38F3N9O2/c1-43-22-45-33(42)25-4-2-23(3-5-25)24-9-14-47(15-10-24)31(49)20-46-16-11-35(21-46)12-17-48(34(35)50)26-6-7-30(40)27(18-26)32(41)28-19-44-13-8-29(28)36(37,38)39/h2-9,13,18-19,22,41H,10-12,14-17,20-21,40H2,1H3,(H2,42,43,45)/t35-/m0/s1. The van der Waals surface area contributed by atoms with Gasteiger partial charge in [0.1, 0.15) is 12.2 Å². The first kappa shape index (κ1) is 34.5. The van der Waals surface area contributed by atoms with Gasteiger partial charge in [-0.2, -0.15) is 13.2 Å². The fourth-order valence-electron chi connectivity index (χ4n) is 6.95. The van der Waals surface area contributed by atoms with Crippen LogP contribution in [0.15, 0.2) is 77.0 Å². The third kappa shape index (κ3) is 6.88. The molecule has 3 aliphatic rings. The minimum atomic E-state index is -4.68. The number of aliphatic imine (C=N–C) groups is 2. The van der Waals surface area contributed by atoms with E-state index in [-0.39, 0.29) is 29.6 Å². The van der Waals surface area contributed by atoms with Gasteiger partial charge >= 0.3 is 6.18 Å². The maximum absolute atomic E-state index is 13.9. The summed E-state index contributed by atoms with van der Waals surface area (Å²) >= 11 is 0. The summed E-state index contributed by atoms with van der Waals surface area (Å²) in [5.74, 6) is 0.290. The number of halogens is 3. The molecule has 0 aliphatic carbocycles. The number of nitrogen functional groups attached to an aromatic ring is 1. The Morgan fingerprint density at radius 3 is 2.54 bits per heavy atom. The van der Waals surface area contributed by atoms with Gasteiger partial charge in [0.05, 0.1) is 23.2 Å². The van der Waals surface area contributed by atoms with Crippen LogP contribution in [0.3, 0.4) is 0 Å². The number of amidine groups is 1. The fraction of sp³-hybridized carbons (Fsp3) is 0.333. The molecule has 1 aromatic heterocycles. The average molecular weight is 686 g/mol. The van der Waals surface area contributed by atoms with Crippen LogP contribution in [0.5, 0.6) is 0 Å². The molecule has 4 heterocycles. The summed E-state index contributed by atoms with van der Waals surface area (Å²) < 4.78 is 41.0. The van der Waals surface area contributed by atoms with Crippen LogP contribution in [0, 0.1) is 10.8 Å². The number of aromatic nitrogens is 1. The van der Waals surface area contributed by atoms with E-state index in [1.165, 1.54) is 18.5 Å². The van der Waals surface area contributed by atoms with Crippen molar-refractivity contribution in [2.24, 2.45) is 21.1 Å². The number of hydrogen-bond acceptors (Lipinski definition) is 7. The van der Waals surface area contributed by atoms with E-state index >= 15 is 0 Å². The van der Waals surface area contributed by atoms with Crippen molar-refractivity contribution >= 4 is 46.6 Å². The van der Waals surface area contributed by atoms with Crippen molar-refractivity contribution in [1.29, 1.82) is 5.41 Å². The number of anilines is 2. The Morgan fingerprint density at radius 1 is 1.08 bits per heavy atom. The summed E-state index contributed by atoms with van der Waals surface area (Å²) in [6, 6.07) is 13.3. The van der Waals surface area contributed by atoms with Crippen LogP contribution in [-0.4, -0.2) is 90.8 Å². The molecule has 0 radical (unpaired) electrons. The highest BCUT2D eigenvalue weighted by atomic mass is 19.4. The first-order valence-electron chi connectivity index (χ1n) is 16.3. The molecule has 5 N–H and O–H groups in total. The third-order valence-electron chi connectivity index (χ3n) is 9.74. The maximum atomic E-state index is 13.9. The van der Waals surface area contributed by atoms with Gasteiger partial charge in [0, 0.05) is 73.7 Å². The van der Waals surface area contributed by atoms with Crippen molar-refractivity contribution in [3.05, 3.63) is 94.8 Å². The van der Waals surface area contributed by atoms with Crippen molar-refractivity contribution in [3.8, 4) is 0 Å². The second kappa shape index (κ2) is 13.9. The lowest BCUT2D eigenvalue weighted by molar-refractivity contribution is -0.137. The molecule has 6 rings (SSSR count). The zero-order valence-corrected chi connectivity index (χ0v) is 27.6. The summed E-state index contributed by atoms with van der Waals surface area (Å²) in [5, 5.41) is 8.60. The van der Waals surface area contributed by atoms with E-state index in [9.17, 15) is 22.8 Å². The molecular weight excluding hydrogens is 647 g/mol. The lowest BCUT2D eigenvalue weighted by Crippen LogP contribution is -2.43. The van der Waals surface area contributed by atoms with Gasteiger partial charge in [-0.25, -0.2) is 4.99 Å². The van der Waals surface area contributed by atoms with Crippen molar-refractivity contribution < 1.29 is 22.8 Å². The van der Waals surface area contributed by atoms with Gasteiger partial charge in [-0.05, 0) is 61.2 Å². The normalized spacial score (nSPS) is 20.3. The Kier molecular flexibility index (Phi) is 9.56. The predicted molar refractivity (Wildman–Crippen MR) is 187 cm³/mol. The second-order valence-electron chi connectivity index (χ2n) is 12.8. The van der Waals surface area contributed by atoms with Crippen LogP contribution < -0.4 is 16.4 Å². The molecule has 260 valence electrons. The molecule has 1 atom stereocenters. The van der Waals surface area contributed by atoms with Crippen molar-refractivity contribution in [2.75, 3.05) is 56.9 Å². The summed E-state index contributed by atoms with van der Waals surface area (Å²) in [7, 11) is 1.63. The number of carbonyl (C=O) groups is 2. The number of nitrogens with two attached hydrogens (primary N) is 2. The van der Waals surface area contributed by atoms with E-state index in [1.54, 1.807) is 18.0 Å². The van der Waals surface area contributed by atoms with E-state index in [1.807, 2.05) is 34.1 Å². The van der Waals surface area contributed by atoms with Crippen LogP contribution >= 0.6 is 0 Å². The number of alkyl halides is 3. The molecule has 1 spiro atoms. The average Bonchev–Trinajstić information content (AvgIpc) is 3.68. The number of amides is 2. The number of likely N-dealkylation sites (tertiary alicyclic amines) is 1. The Morgan fingerprint density at radius 2 is 1.84 bits per heavy atom. The smallest absolute Gasteiger partial charge is 0.398 e. The zero-order chi connectivity index (χ0) is 35.6. The van der Waals surface area contributed by atoms with Crippen LogP contribution in [0.2, 0.25) is 0 Å². The van der Waals surface area contributed by atoms with Crippen molar-refractivity contribution in [2.45, 2.75) is 25.4 Å². The van der Waals surface area contributed by atoms with Gasteiger partial charge in [0.15, 0.2) is 0 Å². The van der Waals surface area contributed by atoms with E-state index in [0.29, 0.717) is 63.5 Å². The van der Waals surface area contributed by atoms with Gasteiger partial charge in [-0.15, -0.1) is 0 Å². The molecule has 0 unspecified atom stereocenters. The molecular formula is C36H38F3N9O2. The monoisotopic (exact) mass is 685 g/mol. The van der Waals surface area contributed by atoms with Gasteiger partial charge in [-0.1, -0.05) is 30.3 Å². The van der Waals surface area contributed by atoms with E-state index in [0.717, 1.165) is 35.2 Å². The molecule has 3 aromatic rings. The zero-order valence-electron chi connectivity index (χ0n) is 27.6. The third-order valence-corrected chi connectivity index (χ3v) is 9.74. The summed E-state index contributed by atoms with van der Waals surface area (Å²) in [6.07, 6.45) is 2.71. The number of carbonyl (C=O) groups excluding carboxylic acids is 2. The van der Waals surface area contributed by atoms with Crippen molar-refractivity contribution in [1.82, 2.24) is 14.8 Å². The lowest BCUT2D eigenvalue weighted by Gasteiger charge is -2.29. The molecule has 2 fully saturated rings. The quantitative estimate of drug-likeness (QED) is 0.183. The Hall–Kier alpha value is -5.37. The summed E-state index contributed by atoms with van der Waals surface area (Å²) in [5.41, 5.74) is 13.3. The number of pyridine rings is 1. The highest BCUT2D eigenvalue weighted by molar-refractivity contribution is 6.15. The van der Waals surface area contributed by atoms with E-state index < -0.39 is 28.4 Å². The molecule has 0 bridgehead atoms. The molecule has 2 saturated heterocycles. The number of hydrogen-bond donors (Lipinski definition) is 3. The van der Waals surface area contributed by atoms with Crippen molar-refractivity contribution in [3.63, 3.8) is 0 Å². The number of nitrogens with one attached hydrogen (secondary N) is 1. The van der Waals surface area contributed by atoms with Gasteiger partial charge in [0.2, 0.25) is 11.8 Å². The fourth-order valence-corrected chi connectivity index (χ4v) is 6.95. The SMILES string of the molecule is CN=CN=C(N)c1ccc(C2=CCN(C(=O)CN3CC[C@]4(CCN(c5ccc(N)c(C(=N)c6cnccc6C(F)(F)F)c5)C4=O)C3)CC2)cc1. The molecule has 3 aliphatic heterocycles. The minimum absolute atomic E-state index is 0.00638. The van der Waals surface area contributed by atoms with Gasteiger partial charge in [0.25, 0.3) is 0 Å². The topological polar surface area (TPSA) is 157 Å². The first-order chi connectivity index (χ1) is 23.9. The predicted octanol–water partition coefficient (Wildman–Crippen LogP) is 4.21. The molecule has 2 amide bonds. The van der Waals surface area contributed by atoms with Crippen LogP contribution in [0.25, 0.3) is 5.57 Å². The Balaban J connectivity index is 1.07. The van der Waals surface area contributed by atoms with E-state index in [4.69, 9.17) is 16.9 Å². The molecule has 2 aromatic carbocycles. The lowest BCUT2D eigenvalue weighted by atomic mass is 9.85. The number of rotatable bonds is 8. The van der Waals surface area contributed by atoms with Crippen LogP contribution in [0.4, 0.5) is 24.5 Å². The summed E-state index contributed by atoms with van der Waals surface area (Å²) in [4.78, 5) is 44.4. The molecule has 0 saturated carbocycles. The molecule has 50 heavy (non-hydrogen) atoms. The Labute approximate surface area is 287 Å². The molecule has 14 heteroatoms. The number of nitrogens with zero attached hydrogens (tertiary/aromatic N) is 6.